The highest BCUT2D eigenvalue weighted by Gasteiger charge is 2.19. The first-order chi connectivity index (χ1) is 16.1. The predicted molar refractivity (Wildman–Crippen MR) is 127 cm³/mol. The first-order valence-corrected chi connectivity index (χ1v) is 10.8. The van der Waals surface area contributed by atoms with Crippen molar-refractivity contribution in [1.29, 1.82) is 0 Å². The van der Waals surface area contributed by atoms with Gasteiger partial charge in [-0.3, -0.25) is 9.78 Å². The fraction of sp³-hybridized carbons (Fsp3) is 0.0870. The third-order valence-electron chi connectivity index (χ3n) is 5.20. The minimum atomic E-state index is -0.261. The van der Waals surface area contributed by atoms with Crippen molar-refractivity contribution in [2.75, 3.05) is 5.32 Å². The van der Waals surface area contributed by atoms with Gasteiger partial charge in [0, 0.05) is 40.4 Å². The van der Waals surface area contributed by atoms with Crippen molar-refractivity contribution in [2.45, 2.75) is 6.61 Å². The Hall–Kier alpha value is -4.05. The van der Waals surface area contributed by atoms with Gasteiger partial charge >= 0.3 is 0 Å². The van der Waals surface area contributed by atoms with Crippen LogP contribution in [0.5, 0.6) is 5.75 Å². The van der Waals surface area contributed by atoms with E-state index in [0.29, 0.717) is 35.1 Å². The molecule has 33 heavy (non-hydrogen) atoms. The third kappa shape index (κ3) is 4.20. The Morgan fingerprint density at radius 2 is 2.09 bits per heavy atom. The summed E-state index contributed by atoms with van der Waals surface area (Å²) in [5, 5.41) is 17.8. The summed E-state index contributed by atoms with van der Waals surface area (Å²) in [6, 6.07) is 16.9. The first kappa shape index (κ1) is 20.8. The van der Waals surface area contributed by atoms with E-state index in [2.05, 4.69) is 46.9 Å². The molecule has 5 aromatic rings. The molecule has 1 amide bonds. The number of aromatic nitrogens is 6. The van der Waals surface area contributed by atoms with E-state index in [0.717, 1.165) is 20.9 Å². The summed E-state index contributed by atoms with van der Waals surface area (Å²) in [4.78, 5) is 17.4. The number of nitrogens with one attached hydrogen (secondary N) is 2. The maximum atomic E-state index is 13.2. The second kappa shape index (κ2) is 8.83. The monoisotopic (exact) mass is 503 g/mol. The Balaban J connectivity index is 1.45. The lowest BCUT2D eigenvalue weighted by atomic mass is 10.1. The van der Waals surface area contributed by atoms with E-state index in [1.165, 1.54) is 0 Å². The summed E-state index contributed by atoms with van der Waals surface area (Å²) in [5.74, 6) is 0.882. The number of rotatable bonds is 6. The van der Waals surface area contributed by atoms with Crippen LogP contribution in [-0.4, -0.2) is 36.1 Å². The molecular weight excluding hydrogens is 486 g/mol. The summed E-state index contributed by atoms with van der Waals surface area (Å²) in [6.45, 7) is 0.382. The number of amides is 1. The highest BCUT2D eigenvalue weighted by Crippen LogP contribution is 2.31. The minimum absolute atomic E-state index is 0.261. The van der Waals surface area contributed by atoms with Crippen LogP contribution in [0.3, 0.4) is 0 Å². The van der Waals surface area contributed by atoms with Gasteiger partial charge in [-0.25, -0.2) is 5.10 Å². The van der Waals surface area contributed by atoms with Gasteiger partial charge in [0.05, 0.1) is 11.2 Å². The number of halogens is 1. The molecule has 5 rings (SSSR count). The van der Waals surface area contributed by atoms with Crippen LogP contribution < -0.4 is 10.1 Å². The summed E-state index contributed by atoms with van der Waals surface area (Å²) in [6.07, 6.45) is 3.49. The number of fused-ring (bicyclic) bond motifs is 1. The number of aromatic amines is 1. The maximum Gasteiger partial charge on any atom is 0.272 e. The quantitative estimate of drug-likeness (QED) is 0.356. The lowest BCUT2D eigenvalue weighted by Crippen LogP contribution is -2.16. The van der Waals surface area contributed by atoms with Gasteiger partial charge in [-0.05, 0) is 46.8 Å². The van der Waals surface area contributed by atoms with Gasteiger partial charge < -0.3 is 14.6 Å². The summed E-state index contributed by atoms with van der Waals surface area (Å²) >= 11 is 3.45. The molecule has 0 unspecified atom stereocenters. The summed E-state index contributed by atoms with van der Waals surface area (Å²) in [5.41, 5.74) is 3.54. The Morgan fingerprint density at radius 1 is 1.18 bits per heavy atom. The number of para-hydroxylation sites is 1. The lowest BCUT2D eigenvalue weighted by molar-refractivity contribution is 0.102. The van der Waals surface area contributed by atoms with E-state index >= 15 is 0 Å². The second-order valence-electron chi connectivity index (χ2n) is 7.33. The molecule has 164 valence electrons. The van der Waals surface area contributed by atoms with Gasteiger partial charge in [-0.15, -0.1) is 5.10 Å². The number of carbonyl (C=O) groups excluding carboxylic acids is 1. The highest BCUT2D eigenvalue weighted by molar-refractivity contribution is 9.10. The van der Waals surface area contributed by atoms with Gasteiger partial charge in [-0.1, -0.05) is 34.1 Å². The van der Waals surface area contributed by atoms with E-state index in [1.54, 1.807) is 18.5 Å². The van der Waals surface area contributed by atoms with Crippen LogP contribution in [0, 0.1) is 0 Å². The van der Waals surface area contributed by atoms with E-state index in [4.69, 9.17) is 4.74 Å². The number of tetrazole rings is 1. The first-order valence-electron chi connectivity index (χ1n) is 10.1. The molecule has 10 heteroatoms. The van der Waals surface area contributed by atoms with Crippen LogP contribution in [0.2, 0.25) is 0 Å². The van der Waals surface area contributed by atoms with Crippen molar-refractivity contribution < 1.29 is 9.53 Å². The van der Waals surface area contributed by atoms with Gasteiger partial charge in [-0.2, -0.15) is 0 Å². The summed E-state index contributed by atoms with van der Waals surface area (Å²) in [7, 11) is 1.84. The number of anilines is 1. The smallest absolute Gasteiger partial charge is 0.272 e. The fourth-order valence-corrected chi connectivity index (χ4v) is 4.00. The lowest BCUT2D eigenvalue weighted by Gasteiger charge is -2.12. The molecule has 0 radical (unpaired) electrons. The van der Waals surface area contributed by atoms with Crippen molar-refractivity contribution in [3.05, 3.63) is 82.7 Å². The number of H-pyrrole nitrogens is 1. The standard InChI is InChI=1S/C23H18BrN7O2/c1-31-19(23(32)26-18-8-7-16(24)11-17(18)22-27-29-30-28-22)10-15-5-2-6-20(21(15)31)33-13-14-4-3-9-25-12-14/h2-12H,13H2,1H3,(H,26,32)(H,27,28,29,30). The SMILES string of the molecule is Cn1c(C(=O)Nc2ccc(Br)cc2-c2nnn[nH]2)cc2cccc(OCc3cccnc3)c21. The third-order valence-corrected chi connectivity index (χ3v) is 5.69. The number of benzene rings is 2. The molecule has 0 spiro atoms. The largest absolute Gasteiger partial charge is 0.487 e. The number of hydrogen-bond donors (Lipinski definition) is 2. The van der Waals surface area contributed by atoms with Crippen molar-refractivity contribution in [1.82, 2.24) is 30.2 Å². The van der Waals surface area contributed by atoms with Gasteiger partial charge in [0.1, 0.15) is 18.1 Å². The van der Waals surface area contributed by atoms with Crippen molar-refractivity contribution in [3.63, 3.8) is 0 Å². The molecule has 2 N–H and O–H groups in total. The van der Waals surface area contributed by atoms with Crippen LogP contribution in [-0.2, 0) is 13.7 Å². The normalized spacial score (nSPS) is 11.0. The van der Waals surface area contributed by atoms with E-state index < -0.39 is 0 Å². The van der Waals surface area contributed by atoms with Crippen LogP contribution in [0.15, 0.2) is 71.5 Å². The number of ether oxygens (including phenoxy) is 1. The number of pyridine rings is 1. The molecular formula is C23H18BrN7O2. The average molecular weight is 504 g/mol. The molecule has 0 atom stereocenters. The van der Waals surface area contributed by atoms with E-state index in [1.807, 2.05) is 60.1 Å². The van der Waals surface area contributed by atoms with Crippen molar-refractivity contribution >= 4 is 38.4 Å². The zero-order valence-corrected chi connectivity index (χ0v) is 19.1. The second-order valence-corrected chi connectivity index (χ2v) is 8.24. The molecule has 9 nitrogen and oxygen atoms in total. The summed E-state index contributed by atoms with van der Waals surface area (Å²) < 4.78 is 8.73. The molecule has 0 aliphatic carbocycles. The van der Waals surface area contributed by atoms with Crippen LogP contribution >= 0.6 is 15.9 Å². The fourth-order valence-electron chi connectivity index (χ4n) is 3.64. The van der Waals surface area contributed by atoms with Crippen LogP contribution in [0.4, 0.5) is 5.69 Å². The molecule has 0 aliphatic rings. The number of aryl methyl sites for hydroxylation is 1. The molecule has 3 heterocycles. The van der Waals surface area contributed by atoms with Crippen molar-refractivity contribution in [2.24, 2.45) is 7.05 Å². The van der Waals surface area contributed by atoms with Crippen molar-refractivity contribution in [3.8, 4) is 17.1 Å². The maximum absolute atomic E-state index is 13.2. The van der Waals surface area contributed by atoms with Gasteiger partial charge in [0.2, 0.25) is 0 Å². The Bertz CT molecular complexity index is 1430. The molecule has 0 bridgehead atoms. The molecule has 3 aromatic heterocycles. The molecule has 0 aliphatic heterocycles. The minimum Gasteiger partial charge on any atom is -0.487 e. The molecule has 0 saturated heterocycles. The van der Waals surface area contributed by atoms with E-state index in [9.17, 15) is 4.79 Å². The topological polar surface area (TPSA) is 111 Å². The number of carbonyl (C=O) groups is 1. The van der Waals surface area contributed by atoms with Gasteiger partial charge in [0.15, 0.2) is 5.82 Å². The molecule has 2 aromatic carbocycles. The van der Waals surface area contributed by atoms with Crippen LogP contribution in [0.25, 0.3) is 22.3 Å². The highest BCUT2D eigenvalue weighted by atomic mass is 79.9. The predicted octanol–water partition coefficient (Wildman–Crippen LogP) is 4.35. The van der Waals surface area contributed by atoms with Crippen LogP contribution in [0.1, 0.15) is 16.1 Å². The molecule has 0 fully saturated rings. The Morgan fingerprint density at radius 3 is 2.88 bits per heavy atom. The number of hydrogen-bond acceptors (Lipinski definition) is 6. The molecule has 0 saturated carbocycles. The Kier molecular flexibility index (Phi) is 5.57. The zero-order chi connectivity index (χ0) is 22.8. The average Bonchev–Trinajstić information content (AvgIpc) is 3.48. The number of nitrogens with zero attached hydrogens (tertiary/aromatic N) is 5. The van der Waals surface area contributed by atoms with Gasteiger partial charge in [0.25, 0.3) is 5.91 Å². The zero-order valence-electron chi connectivity index (χ0n) is 17.5. The Labute approximate surface area is 196 Å². The van der Waals surface area contributed by atoms with E-state index in [-0.39, 0.29) is 5.91 Å².